The van der Waals surface area contributed by atoms with E-state index in [2.05, 4.69) is 4.72 Å². The smallest absolute Gasteiger partial charge is 0.243 e. The molecule has 1 aromatic carbocycles. The molecule has 0 saturated carbocycles. The molecule has 0 aromatic heterocycles. The number of benzene rings is 1. The summed E-state index contributed by atoms with van der Waals surface area (Å²) in [5.74, 6) is 0. The van der Waals surface area contributed by atoms with Crippen molar-refractivity contribution in [2.45, 2.75) is 35.6 Å². The molecular weight excluding hydrogens is 362 g/mol. The lowest BCUT2D eigenvalue weighted by molar-refractivity contribution is 0.320. The maximum atomic E-state index is 12.6. The monoisotopic (exact) mass is 383 g/mol. The summed E-state index contributed by atoms with van der Waals surface area (Å²) in [6.45, 7) is 2.35. The molecule has 0 spiro atoms. The van der Waals surface area contributed by atoms with Gasteiger partial charge in [-0.2, -0.15) is 4.31 Å². The van der Waals surface area contributed by atoms with E-state index in [1.165, 1.54) is 29.6 Å². The Balaban J connectivity index is 0.00000264. The van der Waals surface area contributed by atoms with Crippen LogP contribution in [0, 0.1) is 6.92 Å². The van der Waals surface area contributed by atoms with Crippen LogP contribution in [0.25, 0.3) is 0 Å². The highest BCUT2D eigenvalue weighted by Gasteiger charge is 2.29. The minimum absolute atomic E-state index is 0. The third kappa shape index (κ3) is 4.23. The molecule has 1 fully saturated rings. The number of rotatable bonds is 4. The van der Waals surface area contributed by atoms with Crippen molar-refractivity contribution >= 4 is 32.5 Å². The summed E-state index contributed by atoms with van der Waals surface area (Å²) in [4.78, 5) is 0.185. The van der Waals surface area contributed by atoms with E-state index in [0.717, 1.165) is 0 Å². The molecule has 0 bridgehead atoms. The van der Waals surface area contributed by atoms with Crippen LogP contribution in [0.4, 0.5) is 0 Å². The molecule has 0 unspecified atom stereocenters. The molecule has 3 N–H and O–H groups in total. The number of nitrogens with two attached hydrogens (primary N) is 1. The Morgan fingerprint density at radius 1 is 1.17 bits per heavy atom. The predicted octanol–water partition coefficient (Wildman–Crippen LogP) is 0.437. The van der Waals surface area contributed by atoms with E-state index in [0.29, 0.717) is 31.5 Å². The van der Waals surface area contributed by atoms with E-state index in [1.54, 1.807) is 6.92 Å². The maximum absolute atomic E-state index is 12.6. The highest BCUT2D eigenvalue weighted by Crippen LogP contribution is 2.24. The van der Waals surface area contributed by atoms with Gasteiger partial charge in [-0.3, -0.25) is 0 Å². The van der Waals surface area contributed by atoms with Gasteiger partial charge >= 0.3 is 0 Å². The van der Waals surface area contributed by atoms with Gasteiger partial charge in [-0.25, -0.2) is 21.6 Å². The number of hydrogen-bond acceptors (Lipinski definition) is 5. The molecule has 2 rings (SSSR count). The van der Waals surface area contributed by atoms with E-state index in [4.69, 9.17) is 5.73 Å². The topological polar surface area (TPSA) is 110 Å². The van der Waals surface area contributed by atoms with Crippen LogP contribution < -0.4 is 10.5 Å². The minimum Gasteiger partial charge on any atom is -0.328 e. The van der Waals surface area contributed by atoms with Crippen LogP contribution in [-0.2, 0) is 20.0 Å². The molecule has 10 heteroatoms. The Morgan fingerprint density at radius 2 is 1.74 bits per heavy atom. The van der Waals surface area contributed by atoms with Crippen molar-refractivity contribution < 1.29 is 16.8 Å². The van der Waals surface area contributed by atoms with E-state index < -0.39 is 20.0 Å². The highest BCUT2D eigenvalue weighted by molar-refractivity contribution is 7.89. The van der Waals surface area contributed by atoms with Crippen LogP contribution in [0.3, 0.4) is 0 Å². The molecule has 7 nitrogen and oxygen atoms in total. The SMILES string of the molecule is CNS(=O)(=O)c1ccc(S(=O)(=O)N2CCC(N)CC2)cc1C.Cl. The number of halogens is 1. The number of nitrogens with one attached hydrogen (secondary N) is 1. The van der Waals surface area contributed by atoms with Crippen LogP contribution in [0.15, 0.2) is 28.0 Å². The quantitative estimate of drug-likeness (QED) is 0.783. The Labute approximate surface area is 143 Å². The van der Waals surface area contributed by atoms with Crippen molar-refractivity contribution in [3.05, 3.63) is 23.8 Å². The zero-order chi connectivity index (χ0) is 16.5. The third-order valence-electron chi connectivity index (χ3n) is 3.84. The van der Waals surface area contributed by atoms with Gasteiger partial charge in [0, 0.05) is 19.1 Å². The molecule has 0 amide bonds. The second kappa shape index (κ2) is 7.45. The van der Waals surface area contributed by atoms with Crippen LogP contribution in [0.2, 0.25) is 0 Å². The molecule has 0 aliphatic carbocycles. The Morgan fingerprint density at radius 3 is 2.22 bits per heavy atom. The summed E-state index contributed by atoms with van der Waals surface area (Å²) in [5, 5.41) is 0. The van der Waals surface area contributed by atoms with E-state index in [9.17, 15) is 16.8 Å². The lowest BCUT2D eigenvalue weighted by Crippen LogP contribution is -2.42. The first-order valence-electron chi connectivity index (χ1n) is 6.98. The van der Waals surface area contributed by atoms with Gasteiger partial charge in [0.1, 0.15) is 0 Å². The van der Waals surface area contributed by atoms with Crippen molar-refractivity contribution in [1.82, 2.24) is 9.03 Å². The normalized spacial score (nSPS) is 17.7. The first kappa shape index (κ1) is 20.3. The van der Waals surface area contributed by atoms with Gasteiger partial charge in [-0.05, 0) is 50.6 Å². The van der Waals surface area contributed by atoms with E-state index in [-0.39, 0.29) is 28.2 Å². The lowest BCUT2D eigenvalue weighted by atomic mass is 10.1. The molecule has 23 heavy (non-hydrogen) atoms. The largest absolute Gasteiger partial charge is 0.328 e. The van der Waals surface area contributed by atoms with Crippen LogP contribution >= 0.6 is 12.4 Å². The fraction of sp³-hybridized carbons (Fsp3) is 0.538. The van der Waals surface area contributed by atoms with Crippen LogP contribution in [0.5, 0.6) is 0 Å². The van der Waals surface area contributed by atoms with Gasteiger partial charge in [-0.1, -0.05) is 0 Å². The molecule has 0 atom stereocenters. The fourth-order valence-electron chi connectivity index (χ4n) is 2.46. The van der Waals surface area contributed by atoms with Gasteiger partial charge in [0.05, 0.1) is 9.79 Å². The molecule has 1 saturated heterocycles. The Kier molecular flexibility index (Phi) is 6.59. The van der Waals surface area contributed by atoms with Crippen LogP contribution in [-0.4, -0.2) is 47.3 Å². The Hall–Kier alpha value is -0.710. The van der Waals surface area contributed by atoms with Crippen molar-refractivity contribution in [2.75, 3.05) is 20.1 Å². The van der Waals surface area contributed by atoms with Crippen molar-refractivity contribution in [1.29, 1.82) is 0 Å². The molecule has 1 heterocycles. The number of nitrogens with zero attached hydrogens (tertiary/aromatic N) is 1. The maximum Gasteiger partial charge on any atom is 0.243 e. The average Bonchev–Trinajstić information content (AvgIpc) is 2.47. The summed E-state index contributed by atoms with van der Waals surface area (Å²) < 4.78 is 52.5. The molecule has 1 aliphatic rings. The molecule has 0 radical (unpaired) electrons. The van der Waals surface area contributed by atoms with Crippen LogP contribution in [0.1, 0.15) is 18.4 Å². The van der Waals surface area contributed by atoms with Crippen molar-refractivity contribution in [3.63, 3.8) is 0 Å². The second-order valence-corrected chi connectivity index (χ2v) is 9.17. The zero-order valence-electron chi connectivity index (χ0n) is 13.0. The van der Waals surface area contributed by atoms with Gasteiger partial charge in [0.25, 0.3) is 0 Å². The lowest BCUT2D eigenvalue weighted by Gasteiger charge is -2.29. The van der Waals surface area contributed by atoms with E-state index >= 15 is 0 Å². The van der Waals surface area contributed by atoms with E-state index in [1.807, 2.05) is 0 Å². The van der Waals surface area contributed by atoms with Gasteiger partial charge in [-0.15, -0.1) is 12.4 Å². The fourth-order valence-corrected chi connectivity index (χ4v) is 4.96. The van der Waals surface area contributed by atoms with Gasteiger partial charge in [0.15, 0.2) is 0 Å². The third-order valence-corrected chi connectivity index (χ3v) is 7.31. The predicted molar refractivity (Wildman–Crippen MR) is 90.6 cm³/mol. The summed E-state index contributed by atoms with van der Waals surface area (Å²) in [7, 11) is -5.90. The summed E-state index contributed by atoms with van der Waals surface area (Å²) >= 11 is 0. The molecular formula is C13H22ClN3O4S2. The summed E-state index contributed by atoms with van der Waals surface area (Å²) in [6, 6.07) is 4.09. The standard InChI is InChI=1S/C13H21N3O4S2.ClH/c1-10-9-12(3-4-13(10)21(17,18)15-2)22(19,20)16-7-5-11(14)6-8-16;/h3-4,9,11,15H,5-8,14H2,1-2H3;1H. The highest BCUT2D eigenvalue weighted by atomic mass is 35.5. The van der Waals surface area contributed by atoms with Gasteiger partial charge < -0.3 is 5.73 Å². The second-order valence-electron chi connectivity index (χ2n) is 5.38. The van der Waals surface area contributed by atoms with Gasteiger partial charge in [0.2, 0.25) is 20.0 Å². The molecule has 1 aromatic rings. The first-order chi connectivity index (χ1) is 10.2. The van der Waals surface area contributed by atoms with Crippen molar-refractivity contribution in [3.8, 4) is 0 Å². The number of hydrogen-bond donors (Lipinski definition) is 2. The average molecular weight is 384 g/mol. The van der Waals surface area contributed by atoms with Crippen molar-refractivity contribution in [2.24, 2.45) is 5.73 Å². The summed E-state index contributed by atoms with van der Waals surface area (Å²) in [5.41, 5.74) is 6.18. The number of piperidine rings is 1. The number of sulfonamides is 2. The molecule has 132 valence electrons. The number of aryl methyl sites for hydroxylation is 1. The summed E-state index contributed by atoms with van der Waals surface area (Å²) in [6.07, 6.45) is 1.26. The zero-order valence-corrected chi connectivity index (χ0v) is 15.5. The minimum atomic E-state index is -3.61. The molecule has 1 aliphatic heterocycles. The first-order valence-corrected chi connectivity index (χ1v) is 9.91. The Bertz CT molecular complexity index is 757.